The van der Waals surface area contributed by atoms with Crippen LogP contribution in [0.5, 0.6) is 17.2 Å². The van der Waals surface area contributed by atoms with E-state index in [1.165, 1.54) is 14.2 Å². The summed E-state index contributed by atoms with van der Waals surface area (Å²) in [5.41, 5.74) is 0.717. The van der Waals surface area contributed by atoms with Crippen molar-refractivity contribution in [3.05, 3.63) is 16.7 Å². The molecule has 1 atom stereocenters. The second-order valence-electron chi connectivity index (χ2n) is 3.63. The van der Waals surface area contributed by atoms with E-state index < -0.39 is 0 Å². The second kappa shape index (κ2) is 5.98. The molecule has 0 aliphatic heterocycles. The smallest absolute Gasteiger partial charge is 0.179 e. The summed E-state index contributed by atoms with van der Waals surface area (Å²) < 4.78 is 15.6. The molecule has 0 spiro atoms. The Hall–Kier alpha value is -1.13. The minimum absolute atomic E-state index is 0.0223. The van der Waals surface area contributed by atoms with E-state index >= 15 is 0 Å². The van der Waals surface area contributed by atoms with Gasteiger partial charge in [-0.3, -0.25) is 0 Å². The van der Waals surface area contributed by atoms with Gasteiger partial charge in [-0.1, -0.05) is 18.5 Å². The van der Waals surface area contributed by atoms with Gasteiger partial charge in [0.1, 0.15) is 5.75 Å². The zero-order chi connectivity index (χ0) is 13.0. The van der Waals surface area contributed by atoms with Gasteiger partial charge in [0.15, 0.2) is 11.5 Å². The van der Waals surface area contributed by atoms with Crippen LogP contribution in [0.15, 0.2) is 6.07 Å². The van der Waals surface area contributed by atoms with Gasteiger partial charge in [-0.2, -0.15) is 0 Å². The summed E-state index contributed by atoms with van der Waals surface area (Å²) in [6, 6.07) is 1.70. The number of hydrogen-bond donors (Lipinski definition) is 1. The highest BCUT2D eigenvalue weighted by Crippen LogP contribution is 2.45. The summed E-state index contributed by atoms with van der Waals surface area (Å²) >= 11 is 6.25. The van der Waals surface area contributed by atoms with Crippen molar-refractivity contribution in [2.45, 2.75) is 12.8 Å². The van der Waals surface area contributed by atoms with Gasteiger partial charge < -0.3 is 19.3 Å². The Morgan fingerprint density at radius 2 is 1.76 bits per heavy atom. The largest absolute Gasteiger partial charge is 0.496 e. The minimum atomic E-state index is -0.141. The Kier molecular flexibility index (Phi) is 4.90. The molecule has 1 unspecified atom stereocenters. The summed E-state index contributed by atoms with van der Waals surface area (Å²) in [6.07, 6.45) is 0. The van der Waals surface area contributed by atoms with Crippen LogP contribution in [-0.4, -0.2) is 33.0 Å². The highest BCUT2D eigenvalue weighted by molar-refractivity contribution is 6.33. The molecule has 4 nitrogen and oxygen atoms in total. The lowest BCUT2D eigenvalue weighted by molar-refractivity contribution is 0.268. The third kappa shape index (κ3) is 2.58. The molecule has 0 aliphatic rings. The van der Waals surface area contributed by atoms with Gasteiger partial charge in [0, 0.05) is 24.2 Å². The fraction of sp³-hybridized carbons (Fsp3) is 0.500. The first-order valence-electron chi connectivity index (χ1n) is 5.19. The zero-order valence-corrected chi connectivity index (χ0v) is 11.2. The van der Waals surface area contributed by atoms with Crippen LogP contribution < -0.4 is 14.2 Å². The maximum Gasteiger partial charge on any atom is 0.179 e. The number of benzene rings is 1. The standard InChI is InChI=1S/C12H17ClO4/c1-7(6-14)10-8(15-2)5-9(16-3)12(17-4)11(10)13/h5,7,14H,6H2,1-4H3. The fourth-order valence-corrected chi connectivity index (χ4v) is 2.11. The summed E-state index contributed by atoms with van der Waals surface area (Å²) in [4.78, 5) is 0. The molecule has 17 heavy (non-hydrogen) atoms. The van der Waals surface area contributed by atoms with Crippen LogP contribution in [-0.2, 0) is 0 Å². The quantitative estimate of drug-likeness (QED) is 0.884. The lowest BCUT2D eigenvalue weighted by Gasteiger charge is -2.19. The van der Waals surface area contributed by atoms with Crippen LogP contribution in [0.4, 0.5) is 0 Å². The van der Waals surface area contributed by atoms with Crippen molar-refractivity contribution in [3.8, 4) is 17.2 Å². The van der Waals surface area contributed by atoms with Crippen molar-refractivity contribution >= 4 is 11.6 Å². The van der Waals surface area contributed by atoms with E-state index in [0.29, 0.717) is 27.8 Å². The number of ether oxygens (including phenoxy) is 3. The molecule has 0 heterocycles. The molecule has 0 fully saturated rings. The zero-order valence-electron chi connectivity index (χ0n) is 10.4. The van der Waals surface area contributed by atoms with E-state index in [9.17, 15) is 5.11 Å². The minimum Gasteiger partial charge on any atom is -0.496 e. The number of hydrogen-bond acceptors (Lipinski definition) is 4. The second-order valence-corrected chi connectivity index (χ2v) is 4.00. The van der Waals surface area contributed by atoms with E-state index in [-0.39, 0.29) is 12.5 Å². The summed E-state index contributed by atoms with van der Waals surface area (Å²) in [7, 11) is 4.59. The van der Waals surface area contributed by atoms with Crippen LogP contribution in [0.1, 0.15) is 18.4 Å². The van der Waals surface area contributed by atoms with Crippen molar-refractivity contribution in [1.82, 2.24) is 0 Å². The molecule has 0 bridgehead atoms. The molecule has 0 aromatic heterocycles. The molecule has 1 rings (SSSR count). The van der Waals surface area contributed by atoms with E-state index in [0.717, 1.165) is 0 Å². The van der Waals surface area contributed by atoms with Crippen LogP contribution in [0.3, 0.4) is 0 Å². The number of rotatable bonds is 5. The number of methoxy groups -OCH3 is 3. The molecule has 5 heteroatoms. The highest BCUT2D eigenvalue weighted by Gasteiger charge is 2.22. The molecule has 0 aliphatic carbocycles. The fourth-order valence-electron chi connectivity index (χ4n) is 1.66. The molecule has 0 radical (unpaired) electrons. The van der Waals surface area contributed by atoms with Crippen molar-refractivity contribution in [3.63, 3.8) is 0 Å². The monoisotopic (exact) mass is 260 g/mol. The molecule has 1 aromatic carbocycles. The molecular formula is C12H17ClO4. The van der Waals surface area contributed by atoms with E-state index in [4.69, 9.17) is 25.8 Å². The number of halogens is 1. The van der Waals surface area contributed by atoms with Crippen LogP contribution in [0.25, 0.3) is 0 Å². The number of aliphatic hydroxyl groups is 1. The van der Waals surface area contributed by atoms with Crippen LogP contribution in [0.2, 0.25) is 5.02 Å². The van der Waals surface area contributed by atoms with Gasteiger partial charge in [0.05, 0.1) is 26.4 Å². The summed E-state index contributed by atoms with van der Waals surface area (Å²) in [5.74, 6) is 1.39. The van der Waals surface area contributed by atoms with Crippen LogP contribution >= 0.6 is 11.6 Å². The lowest BCUT2D eigenvalue weighted by atomic mass is 10.00. The van der Waals surface area contributed by atoms with Gasteiger partial charge in [0.25, 0.3) is 0 Å². The Morgan fingerprint density at radius 3 is 2.18 bits per heavy atom. The first kappa shape index (κ1) is 13.9. The molecule has 1 N–H and O–H groups in total. The van der Waals surface area contributed by atoms with Crippen molar-refractivity contribution in [2.75, 3.05) is 27.9 Å². The Balaban J connectivity index is 3.46. The predicted octanol–water partition coefficient (Wildman–Crippen LogP) is 2.46. The maximum absolute atomic E-state index is 9.24. The van der Waals surface area contributed by atoms with Gasteiger partial charge in [0.2, 0.25) is 0 Å². The predicted molar refractivity (Wildman–Crippen MR) is 66.6 cm³/mol. The topological polar surface area (TPSA) is 47.9 Å². The van der Waals surface area contributed by atoms with E-state index in [2.05, 4.69) is 0 Å². The molecule has 96 valence electrons. The van der Waals surface area contributed by atoms with E-state index in [1.807, 2.05) is 6.92 Å². The maximum atomic E-state index is 9.24. The normalized spacial score (nSPS) is 12.1. The van der Waals surface area contributed by atoms with Crippen molar-refractivity contribution in [2.24, 2.45) is 0 Å². The third-order valence-electron chi connectivity index (χ3n) is 2.60. The SMILES string of the molecule is COc1cc(OC)c(C(C)CO)c(Cl)c1OC. The first-order chi connectivity index (χ1) is 8.10. The van der Waals surface area contributed by atoms with Gasteiger partial charge in [-0.25, -0.2) is 0 Å². The molecular weight excluding hydrogens is 244 g/mol. The summed E-state index contributed by atoms with van der Waals surface area (Å²) in [6.45, 7) is 1.83. The third-order valence-corrected chi connectivity index (χ3v) is 2.97. The van der Waals surface area contributed by atoms with Crippen LogP contribution in [0, 0.1) is 0 Å². The molecule has 0 saturated heterocycles. The van der Waals surface area contributed by atoms with Crippen molar-refractivity contribution in [1.29, 1.82) is 0 Å². The van der Waals surface area contributed by atoms with Gasteiger partial charge in [-0.15, -0.1) is 0 Å². The lowest BCUT2D eigenvalue weighted by Crippen LogP contribution is -2.05. The summed E-state index contributed by atoms with van der Waals surface area (Å²) in [5, 5.41) is 9.64. The van der Waals surface area contributed by atoms with E-state index in [1.54, 1.807) is 13.2 Å². The highest BCUT2D eigenvalue weighted by atomic mass is 35.5. The average Bonchev–Trinajstić information content (AvgIpc) is 2.36. The molecule has 0 amide bonds. The Labute approximate surface area is 106 Å². The first-order valence-corrected chi connectivity index (χ1v) is 5.57. The Bertz CT molecular complexity index is 393. The van der Waals surface area contributed by atoms with Crippen molar-refractivity contribution < 1.29 is 19.3 Å². The van der Waals surface area contributed by atoms with Gasteiger partial charge >= 0.3 is 0 Å². The van der Waals surface area contributed by atoms with Gasteiger partial charge in [-0.05, 0) is 0 Å². The Morgan fingerprint density at radius 1 is 1.18 bits per heavy atom. The molecule has 0 saturated carbocycles. The number of aliphatic hydroxyl groups excluding tert-OH is 1. The molecule has 1 aromatic rings. The average molecular weight is 261 g/mol.